The summed E-state index contributed by atoms with van der Waals surface area (Å²) in [5.41, 5.74) is 2.61. The van der Waals surface area contributed by atoms with Crippen molar-refractivity contribution in [3.8, 4) is 28.0 Å². The first-order chi connectivity index (χ1) is 16.9. The highest BCUT2D eigenvalue weighted by Crippen LogP contribution is 2.32. The van der Waals surface area contributed by atoms with Crippen LogP contribution in [0.1, 0.15) is 23.6 Å². The molecule has 4 aromatic rings. The summed E-state index contributed by atoms with van der Waals surface area (Å²) in [7, 11) is 0. The van der Waals surface area contributed by atoms with Crippen LogP contribution in [0.25, 0.3) is 34.4 Å². The predicted octanol–water partition coefficient (Wildman–Crippen LogP) is 7.64. The van der Waals surface area contributed by atoms with Gasteiger partial charge in [-0.2, -0.15) is 4.39 Å². The summed E-state index contributed by atoms with van der Waals surface area (Å²) in [5, 5.41) is 9.15. The summed E-state index contributed by atoms with van der Waals surface area (Å²) in [6.45, 7) is 1.77. The van der Waals surface area contributed by atoms with Gasteiger partial charge in [0.1, 0.15) is 0 Å². The second-order valence-corrected chi connectivity index (χ2v) is 7.81. The van der Waals surface area contributed by atoms with Crippen LogP contribution in [0.2, 0.25) is 0 Å². The lowest BCUT2D eigenvalue weighted by Gasteiger charge is -2.10. The monoisotopic (exact) mass is 478 g/mol. The van der Waals surface area contributed by atoms with Crippen LogP contribution in [0.5, 0.6) is 5.75 Å². The minimum absolute atomic E-state index is 0.0609. The average molecular weight is 478 g/mol. The fourth-order valence-electron chi connectivity index (χ4n) is 3.69. The second kappa shape index (κ2) is 10.6. The number of hydrogen-bond donors (Lipinski definition) is 1. The molecule has 178 valence electrons. The van der Waals surface area contributed by atoms with Crippen LogP contribution < -0.4 is 4.74 Å². The highest BCUT2D eigenvalue weighted by molar-refractivity contribution is 5.75. The number of aliphatic hydroxyl groups excluding tert-OH is 1. The maximum absolute atomic E-state index is 14.9. The zero-order chi connectivity index (χ0) is 24.9. The molecule has 2 nitrogen and oxygen atoms in total. The Labute approximate surface area is 200 Å². The molecule has 0 fully saturated rings. The molecular formula is C29H22F4O2. The minimum atomic E-state index is -1.05. The molecule has 0 atom stereocenters. The van der Waals surface area contributed by atoms with Crippen molar-refractivity contribution in [3.63, 3.8) is 0 Å². The lowest BCUT2D eigenvalue weighted by molar-refractivity contribution is 0.282. The Balaban J connectivity index is 1.56. The lowest BCUT2D eigenvalue weighted by atomic mass is 9.97. The molecular weight excluding hydrogens is 456 g/mol. The molecule has 35 heavy (non-hydrogen) atoms. The van der Waals surface area contributed by atoms with Crippen LogP contribution in [-0.2, 0) is 6.61 Å². The molecule has 0 unspecified atom stereocenters. The third-order valence-corrected chi connectivity index (χ3v) is 5.58. The Morgan fingerprint density at radius 3 is 1.77 bits per heavy atom. The summed E-state index contributed by atoms with van der Waals surface area (Å²) in [6, 6.07) is 19.0. The normalized spacial score (nSPS) is 11.3. The maximum Gasteiger partial charge on any atom is 0.201 e. The summed E-state index contributed by atoms with van der Waals surface area (Å²) < 4.78 is 63.1. The largest absolute Gasteiger partial charge is 0.491 e. The number of hydrogen-bond acceptors (Lipinski definition) is 2. The zero-order valence-electron chi connectivity index (χ0n) is 18.9. The van der Waals surface area contributed by atoms with Crippen LogP contribution in [0.15, 0.2) is 72.8 Å². The number of rotatable bonds is 7. The van der Waals surface area contributed by atoms with Gasteiger partial charge < -0.3 is 9.84 Å². The Bertz CT molecular complexity index is 1360. The van der Waals surface area contributed by atoms with E-state index in [2.05, 4.69) is 0 Å². The molecule has 4 rings (SSSR count). The van der Waals surface area contributed by atoms with Crippen molar-refractivity contribution in [2.45, 2.75) is 13.5 Å². The zero-order valence-corrected chi connectivity index (χ0v) is 18.9. The van der Waals surface area contributed by atoms with Gasteiger partial charge in [0, 0.05) is 16.7 Å². The molecule has 0 aliphatic heterocycles. The lowest BCUT2D eigenvalue weighted by Crippen LogP contribution is -1.98. The highest BCUT2D eigenvalue weighted by atomic mass is 19.2. The van der Waals surface area contributed by atoms with Crippen molar-refractivity contribution >= 4 is 12.2 Å². The van der Waals surface area contributed by atoms with E-state index in [9.17, 15) is 17.6 Å². The third-order valence-electron chi connectivity index (χ3n) is 5.58. The molecule has 0 saturated carbocycles. The summed E-state index contributed by atoms with van der Waals surface area (Å²) >= 11 is 0. The molecule has 0 saturated heterocycles. The van der Waals surface area contributed by atoms with Crippen LogP contribution in [0.4, 0.5) is 17.6 Å². The first-order valence-electron chi connectivity index (χ1n) is 11.0. The molecule has 4 aromatic carbocycles. The number of ether oxygens (including phenoxy) is 1. The van der Waals surface area contributed by atoms with Gasteiger partial charge in [-0.25, -0.2) is 13.2 Å². The average Bonchev–Trinajstić information content (AvgIpc) is 2.88. The van der Waals surface area contributed by atoms with Crippen molar-refractivity contribution in [2.75, 3.05) is 6.61 Å². The molecule has 0 aliphatic rings. The minimum Gasteiger partial charge on any atom is -0.491 e. The van der Waals surface area contributed by atoms with Crippen LogP contribution in [0.3, 0.4) is 0 Å². The molecule has 0 spiro atoms. The molecule has 0 aromatic heterocycles. The van der Waals surface area contributed by atoms with Gasteiger partial charge in [0.25, 0.3) is 0 Å². The Kier molecular flexibility index (Phi) is 7.32. The molecule has 0 aliphatic carbocycles. The van der Waals surface area contributed by atoms with Crippen molar-refractivity contribution in [1.82, 2.24) is 0 Å². The smallest absolute Gasteiger partial charge is 0.201 e. The summed E-state index contributed by atoms with van der Waals surface area (Å²) in [5.74, 6) is -4.13. The first kappa shape index (κ1) is 24.2. The molecule has 0 amide bonds. The van der Waals surface area contributed by atoms with Gasteiger partial charge in [-0.15, -0.1) is 0 Å². The van der Waals surface area contributed by atoms with Gasteiger partial charge in [0.15, 0.2) is 23.2 Å². The van der Waals surface area contributed by atoms with Gasteiger partial charge in [0.2, 0.25) is 5.82 Å². The van der Waals surface area contributed by atoms with E-state index < -0.39 is 23.3 Å². The van der Waals surface area contributed by atoms with Gasteiger partial charge in [-0.3, -0.25) is 0 Å². The van der Waals surface area contributed by atoms with E-state index >= 15 is 0 Å². The van der Waals surface area contributed by atoms with E-state index in [4.69, 9.17) is 9.84 Å². The quantitative estimate of drug-likeness (QED) is 0.219. The van der Waals surface area contributed by atoms with Crippen molar-refractivity contribution in [3.05, 3.63) is 113 Å². The van der Waals surface area contributed by atoms with E-state index in [1.807, 2.05) is 0 Å². The maximum atomic E-state index is 14.9. The Hall–Kier alpha value is -3.90. The van der Waals surface area contributed by atoms with Crippen molar-refractivity contribution < 1.29 is 27.4 Å². The van der Waals surface area contributed by atoms with Crippen LogP contribution in [-0.4, -0.2) is 11.7 Å². The fourth-order valence-corrected chi connectivity index (χ4v) is 3.69. The van der Waals surface area contributed by atoms with Crippen LogP contribution in [0, 0.1) is 23.3 Å². The molecule has 6 heteroatoms. The molecule has 1 N–H and O–H groups in total. The van der Waals surface area contributed by atoms with Gasteiger partial charge in [0.05, 0.1) is 13.2 Å². The topological polar surface area (TPSA) is 29.5 Å². The van der Waals surface area contributed by atoms with E-state index in [0.29, 0.717) is 22.3 Å². The first-order valence-corrected chi connectivity index (χ1v) is 11.0. The fraction of sp³-hybridized carbons (Fsp3) is 0.103. The summed E-state index contributed by atoms with van der Waals surface area (Å²) in [6.07, 6.45) is 3.03. The second-order valence-electron chi connectivity index (χ2n) is 7.81. The highest BCUT2D eigenvalue weighted by Gasteiger charge is 2.16. The van der Waals surface area contributed by atoms with Crippen molar-refractivity contribution in [2.24, 2.45) is 0 Å². The third kappa shape index (κ3) is 5.12. The standard InChI is InChI=1S/C29H22F4O2/c1-2-35-25-16-13-22(26(30)29(25)33)12-5-18-3-8-20(9-4-18)23-14-15-24(28(32)27(23)31)21-10-6-19(17-34)7-11-21/h3-16,34H,2,17H2,1H3. The summed E-state index contributed by atoms with van der Waals surface area (Å²) in [4.78, 5) is 0. The number of aliphatic hydroxyl groups is 1. The number of benzene rings is 4. The van der Waals surface area contributed by atoms with Crippen LogP contribution >= 0.6 is 0 Å². The van der Waals surface area contributed by atoms with Gasteiger partial charge in [-0.05, 0) is 41.3 Å². The van der Waals surface area contributed by atoms with Crippen molar-refractivity contribution in [1.29, 1.82) is 0 Å². The molecule has 0 radical (unpaired) electrons. The Morgan fingerprint density at radius 1 is 0.657 bits per heavy atom. The van der Waals surface area contributed by atoms with E-state index in [1.54, 1.807) is 61.5 Å². The predicted molar refractivity (Wildman–Crippen MR) is 130 cm³/mol. The van der Waals surface area contributed by atoms with E-state index in [0.717, 1.165) is 0 Å². The Morgan fingerprint density at radius 2 is 1.23 bits per heavy atom. The molecule has 0 heterocycles. The van der Waals surface area contributed by atoms with E-state index in [1.165, 1.54) is 30.3 Å². The van der Waals surface area contributed by atoms with Gasteiger partial charge in [-0.1, -0.05) is 72.8 Å². The van der Waals surface area contributed by atoms with Gasteiger partial charge >= 0.3 is 0 Å². The number of halogens is 4. The van der Waals surface area contributed by atoms with E-state index in [-0.39, 0.29) is 35.7 Å². The molecule has 0 bridgehead atoms. The SMILES string of the molecule is CCOc1ccc(C=Cc2ccc(-c3ccc(-c4ccc(CO)cc4)c(F)c3F)cc2)c(F)c1F.